The van der Waals surface area contributed by atoms with Crippen molar-refractivity contribution in [2.24, 2.45) is 5.73 Å². The molecule has 0 radical (unpaired) electrons. The van der Waals surface area contributed by atoms with Crippen LogP contribution in [0.4, 0.5) is 5.95 Å². The molecular weight excluding hydrogens is 260 g/mol. The molecule has 1 rings (SSSR count). The summed E-state index contributed by atoms with van der Waals surface area (Å²) in [7, 11) is 0. The highest BCUT2D eigenvalue weighted by atomic mass is 79.9. The minimum absolute atomic E-state index is 0.203. The number of terminal acetylenes is 1. The summed E-state index contributed by atoms with van der Waals surface area (Å²) in [5, 5.41) is 2.75. The van der Waals surface area contributed by atoms with Gasteiger partial charge in [-0.3, -0.25) is 4.79 Å². The molecule has 1 atom stereocenters. The van der Waals surface area contributed by atoms with Crippen molar-refractivity contribution in [1.82, 2.24) is 9.97 Å². The van der Waals surface area contributed by atoms with Gasteiger partial charge >= 0.3 is 0 Å². The molecule has 0 bridgehead atoms. The molecule has 78 valence electrons. The predicted molar refractivity (Wildman–Crippen MR) is 59.8 cm³/mol. The number of primary amides is 1. The third kappa shape index (κ3) is 3.56. The molecule has 5 nitrogen and oxygen atoms in total. The number of hydrogen-bond donors (Lipinski definition) is 2. The van der Waals surface area contributed by atoms with E-state index in [0.717, 1.165) is 4.47 Å². The number of amides is 1. The number of hydrogen-bond acceptors (Lipinski definition) is 4. The van der Waals surface area contributed by atoms with Gasteiger partial charge in [0.15, 0.2) is 0 Å². The Morgan fingerprint density at radius 2 is 2.27 bits per heavy atom. The summed E-state index contributed by atoms with van der Waals surface area (Å²) in [6, 6.07) is -0.642. The Hall–Kier alpha value is -1.61. The van der Waals surface area contributed by atoms with Gasteiger partial charge in [-0.25, -0.2) is 9.97 Å². The second-order valence-corrected chi connectivity index (χ2v) is 3.65. The molecule has 0 unspecified atom stereocenters. The van der Waals surface area contributed by atoms with Crippen LogP contribution in [0.2, 0.25) is 0 Å². The monoisotopic (exact) mass is 268 g/mol. The highest BCUT2D eigenvalue weighted by molar-refractivity contribution is 9.10. The number of rotatable bonds is 4. The van der Waals surface area contributed by atoms with E-state index in [-0.39, 0.29) is 6.42 Å². The third-order valence-corrected chi connectivity index (χ3v) is 2.00. The van der Waals surface area contributed by atoms with E-state index in [9.17, 15) is 4.79 Å². The molecule has 6 heteroatoms. The Morgan fingerprint density at radius 3 is 2.73 bits per heavy atom. The standard InChI is InChI=1S/C9H9BrN4O/c1-2-3-7(8(11)15)14-9-12-4-6(10)5-13-9/h1,4-5,7H,3H2,(H2,11,15)(H,12,13,14)/t7-/m1/s1. The first-order valence-corrected chi connectivity index (χ1v) is 4.89. The first-order chi connectivity index (χ1) is 7.13. The number of halogens is 1. The summed E-state index contributed by atoms with van der Waals surface area (Å²) >= 11 is 3.19. The van der Waals surface area contributed by atoms with Crippen molar-refractivity contribution in [3.8, 4) is 12.3 Å². The molecule has 1 amide bonds. The summed E-state index contributed by atoms with van der Waals surface area (Å²) in [6.45, 7) is 0. The first-order valence-electron chi connectivity index (χ1n) is 4.10. The fourth-order valence-corrected chi connectivity index (χ4v) is 1.09. The van der Waals surface area contributed by atoms with Crippen molar-refractivity contribution < 1.29 is 4.79 Å². The van der Waals surface area contributed by atoms with E-state index in [4.69, 9.17) is 12.2 Å². The summed E-state index contributed by atoms with van der Waals surface area (Å²) in [4.78, 5) is 18.8. The number of carbonyl (C=O) groups excluding carboxylic acids is 1. The van der Waals surface area contributed by atoms with Crippen molar-refractivity contribution in [3.63, 3.8) is 0 Å². The quantitative estimate of drug-likeness (QED) is 0.781. The highest BCUT2D eigenvalue weighted by Gasteiger charge is 2.14. The molecular formula is C9H9BrN4O. The van der Waals surface area contributed by atoms with Gasteiger partial charge < -0.3 is 11.1 Å². The molecule has 0 aliphatic heterocycles. The Kier molecular flexibility index (Phi) is 4.06. The molecule has 3 N–H and O–H groups in total. The average molecular weight is 269 g/mol. The molecule has 1 aromatic rings. The van der Waals surface area contributed by atoms with E-state index in [1.54, 1.807) is 12.4 Å². The summed E-state index contributed by atoms with van der Waals surface area (Å²) in [6.07, 6.45) is 8.42. The van der Waals surface area contributed by atoms with Crippen LogP contribution in [0.25, 0.3) is 0 Å². The molecule has 0 spiro atoms. The highest BCUT2D eigenvalue weighted by Crippen LogP contribution is 2.08. The minimum Gasteiger partial charge on any atom is -0.368 e. The topological polar surface area (TPSA) is 80.9 Å². The smallest absolute Gasteiger partial charge is 0.241 e. The largest absolute Gasteiger partial charge is 0.368 e. The van der Waals surface area contributed by atoms with E-state index >= 15 is 0 Å². The van der Waals surface area contributed by atoms with Gasteiger partial charge in [0.05, 0.1) is 4.47 Å². The lowest BCUT2D eigenvalue weighted by Gasteiger charge is -2.11. The number of nitrogens with one attached hydrogen (secondary N) is 1. The molecule has 0 fully saturated rings. The van der Waals surface area contributed by atoms with E-state index in [1.807, 2.05) is 0 Å². The van der Waals surface area contributed by atoms with Gasteiger partial charge in [-0.1, -0.05) is 0 Å². The lowest BCUT2D eigenvalue weighted by molar-refractivity contribution is -0.118. The van der Waals surface area contributed by atoms with Gasteiger partial charge in [-0.15, -0.1) is 12.3 Å². The molecule has 0 aliphatic rings. The van der Waals surface area contributed by atoms with Crippen molar-refractivity contribution in [2.75, 3.05) is 5.32 Å². The van der Waals surface area contributed by atoms with Crippen molar-refractivity contribution in [3.05, 3.63) is 16.9 Å². The van der Waals surface area contributed by atoms with Gasteiger partial charge in [-0.2, -0.15) is 0 Å². The number of anilines is 1. The van der Waals surface area contributed by atoms with Crippen LogP contribution in [0.1, 0.15) is 6.42 Å². The van der Waals surface area contributed by atoms with E-state index in [2.05, 4.69) is 37.1 Å². The zero-order chi connectivity index (χ0) is 11.3. The maximum atomic E-state index is 11.0. The fourth-order valence-electron chi connectivity index (χ4n) is 0.883. The molecule has 0 saturated carbocycles. The zero-order valence-electron chi connectivity index (χ0n) is 7.77. The maximum Gasteiger partial charge on any atom is 0.241 e. The van der Waals surface area contributed by atoms with Crippen molar-refractivity contribution >= 4 is 27.8 Å². The van der Waals surface area contributed by atoms with E-state index in [1.165, 1.54) is 0 Å². The summed E-state index contributed by atoms with van der Waals surface area (Å²) in [5.41, 5.74) is 5.14. The lowest BCUT2D eigenvalue weighted by Crippen LogP contribution is -2.35. The number of nitrogens with zero attached hydrogens (tertiary/aromatic N) is 2. The SMILES string of the molecule is C#CC[C@@H](Nc1ncc(Br)cn1)C(N)=O. The van der Waals surface area contributed by atoms with Crippen LogP contribution in [-0.4, -0.2) is 21.9 Å². The summed E-state index contributed by atoms with van der Waals surface area (Å²) in [5.74, 6) is 2.14. The molecule has 15 heavy (non-hydrogen) atoms. The van der Waals surface area contributed by atoms with Crippen molar-refractivity contribution in [1.29, 1.82) is 0 Å². The van der Waals surface area contributed by atoms with Crippen LogP contribution in [0.3, 0.4) is 0 Å². The molecule has 1 aromatic heterocycles. The molecule has 0 saturated heterocycles. The van der Waals surface area contributed by atoms with Crippen LogP contribution >= 0.6 is 15.9 Å². The van der Waals surface area contributed by atoms with Crippen LogP contribution < -0.4 is 11.1 Å². The molecule has 0 aromatic carbocycles. The van der Waals surface area contributed by atoms with E-state index < -0.39 is 11.9 Å². The zero-order valence-corrected chi connectivity index (χ0v) is 9.36. The fraction of sp³-hybridized carbons (Fsp3) is 0.222. The van der Waals surface area contributed by atoms with Gasteiger partial charge in [0.25, 0.3) is 0 Å². The van der Waals surface area contributed by atoms with Gasteiger partial charge in [0, 0.05) is 18.8 Å². The second-order valence-electron chi connectivity index (χ2n) is 2.73. The normalized spacial score (nSPS) is 11.5. The van der Waals surface area contributed by atoms with Crippen LogP contribution in [0.15, 0.2) is 16.9 Å². The molecule has 1 heterocycles. The molecule has 0 aliphatic carbocycles. The number of aromatic nitrogens is 2. The number of nitrogens with two attached hydrogens (primary N) is 1. The Bertz CT molecular complexity index is 384. The third-order valence-electron chi connectivity index (χ3n) is 1.59. The summed E-state index contributed by atoms with van der Waals surface area (Å²) < 4.78 is 0.751. The van der Waals surface area contributed by atoms with Gasteiger partial charge in [0.2, 0.25) is 11.9 Å². The van der Waals surface area contributed by atoms with Crippen molar-refractivity contribution in [2.45, 2.75) is 12.5 Å². The maximum absolute atomic E-state index is 11.0. The Labute approximate surface area is 95.6 Å². The second kappa shape index (κ2) is 5.32. The minimum atomic E-state index is -0.642. The van der Waals surface area contributed by atoms with E-state index in [0.29, 0.717) is 5.95 Å². The average Bonchev–Trinajstić information content (AvgIpc) is 2.20. The van der Waals surface area contributed by atoms with Crippen LogP contribution in [0.5, 0.6) is 0 Å². The van der Waals surface area contributed by atoms with Crippen LogP contribution in [-0.2, 0) is 4.79 Å². The first kappa shape index (κ1) is 11.5. The lowest BCUT2D eigenvalue weighted by atomic mass is 10.2. The number of carbonyl (C=O) groups is 1. The Morgan fingerprint density at radius 1 is 1.67 bits per heavy atom. The predicted octanol–water partition coefficient (Wildman–Crippen LogP) is 0.528. The van der Waals surface area contributed by atoms with Gasteiger partial charge in [-0.05, 0) is 15.9 Å². The van der Waals surface area contributed by atoms with Crippen LogP contribution in [0, 0.1) is 12.3 Å². The Balaban J connectivity index is 2.70. The van der Waals surface area contributed by atoms with Gasteiger partial charge in [0.1, 0.15) is 6.04 Å².